The van der Waals surface area contributed by atoms with E-state index in [1.165, 1.54) is 0 Å². The summed E-state index contributed by atoms with van der Waals surface area (Å²) in [6.45, 7) is 2.66. The van der Waals surface area contributed by atoms with E-state index in [-0.39, 0.29) is 4.90 Å². The lowest BCUT2D eigenvalue weighted by molar-refractivity contribution is 0.354. The summed E-state index contributed by atoms with van der Waals surface area (Å²) in [5.74, 6) is 1.39. The topological polar surface area (TPSA) is 67.9 Å². The average Bonchev–Trinajstić information content (AvgIpc) is 2.95. The van der Waals surface area contributed by atoms with Crippen LogP contribution in [0, 0.1) is 6.92 Å². The minimum atomic E-state index is -3.78. The fourth-order valence-corrected chi connectivity index (χ4v) is 5.63. The Hall–Kier alpha value is -3.81. The van der Waals surface area contributed by atoms with Crippen molar-refractivity contribution in [3.8, 4) is 11.5 Å². The second kappa shape index (κ2) is 12.2. The number of hydrogen-bond donors (Lipinski definition) is 1. The third-order valence-electron chi connectivity index (χ3n) is 6.58. The maximum absolute atomic E-state index is 13.5. The van der Waals surface area contributed by atoms with Gasteiger partial charge in [-0.25, -0.2) is 8.42 Å². The van der Waals surface area contributed by atoms with Crippen molar-refractivity contribution in [3.05, 3.63) is 119 Å². The molecule has 0 heterocycles. The van der Waals surface area contributed by atoms with E-state index in [0.717, 1.165) is 40.9 Å². The van der Waals surface area contributed by atoms with Crippen LogP contribution in [0.15, 0.2) is 102 Å². The molecule has 0 aliphatic heterocycles. The van der Waals surface area contributed by atoms with Gasteiger partial charge >= 0.3 is 0 Å². The molecule has 0 fully saturated rings. The van der Waals surface area contributed by atoms with E-state index < -0.39 is 16.1 Å². The molecular formula is C31H34N2O4S. The molecule has 0 aliphatic rings. The molecule has 4 aromatic rings. The highest BCUT2D eigenvalue weighted by Crippen LogP contribution is 2.33. The van der Waals surface area contributed by atoms with Crippen LogP contribution in [0.4, 0.5) is 5.69 Å². The van der Waals surface area contributed by atoms with Crippen molar-refractivity contribution in [2.75, 3.05) is 32.7 Å². The molecule has 198 valence electrons. The molecule has 1 atom stereocenters. The highest BCUT2D eigenvalue weighted by Gasteiger charge is 2.25. The number of ether oxygens (including phenoxy) is 2. The summed E-state index contributed by atoms with van der Waals surface area (Å²) in [5, 5.41) is 0. The summed E-state index contributed by atoms with van der Waals surface area (Å²) in [7, 11) is 1.50. The normalized spacial score (nSPS) is 12.1. The van der Waals surface area contributed by atoms with Crippen molar-refractivity contribution in [3.63, 3.8) is 0 Å². The van der Waals surface area contributed by atoms with E-state index in [1.54, 1.807) is 26.4 Å². The van der Waals surface area contributed by atoms with Crippen LogP contribution in [0.5, 0.6) is 11.5 Å². The van der Waals surface area contributed by atoms with Gasteiger partial charge in [-0.05, 0) is 60.4 Å². The lowest BCUT2D eigenvalue weighted by atomic mass is 9.97. The molecular weight excluding hydrogens is 496 g/mol. The van der Waals surface area contributed by atoms with Gasteiger partial charge in [-0.15, -0.1) is 0 Å². The zero-order valence-corrected chi connectivity index (χ0v) is 23.0. The third kappa shape index (κ3) is 6.36. The molecule has 0 amide bonds. The standard InChI is InChI=1S/C31H34N2O4S/c1-23-14-17-26(18-15-23)38(34,35)32-31(25-10-6-5-7-11-25)27-12-8-9-13-28(27)33(2)21-20-24-16-19-29(36-3)30(22-24)37-4/h5-19,22,31-32H,20-21H2,1-4H3. The van der Waals surface area contributed by atoms with Gasteiger partial charge in [0, 0.05) is 19.3 Å². The van der Waals surface area contributed by atoms with Gasteiger partial charge in [0.1, 0.15) is 0 Å². The Kier molecular flexibility index (Phi) is 8.71. The SMILES string of the molecule is COc1ccc(CCN(C)c2ccccc2C(NS(=O)(=O)c2ccc(C)cc2)c2ccccc2)cc1OC. The van der Waals surface area contributed by atoms with Crippen LogP contribution in [0.1, 0.15) is 28.3 Å². The molecule has 0 saturated heterocycles. The molecule has 0 radical (unpaired) electrons. The highest BCUT2D eigenvalue weighted by atomic mass is 32.2. The van der Waals surface area contributed by atoms with E-state index in [4.69, 9.17) is 9.47 Å². The van der Waals surface area contributed by atoms with Crippen molar-refractivity contribution in [1.29, 1.82) is 0 Å². The van der Waals surface area contributed by atoms with Gasteiger partial charge in [-0.1, -0.05) is 72.3 Å². The van der Waals surface area contributed by atoms with Crippen LogP contribution in [0.3, 0.4) is 0 Å². The second-order valence-corrected chi connectivity index (χ2v) is 10.9. The van der Waals surface area contributed by atoms with Gasteiger partial charge in [0.05, 0.1) is 25.2 Å². The molecule has 38 heavy (non-hydrogen) atoms. The molecule has 0 saturated carbocycles. The monoisotopic (exact) mass is 530 g/mol. The van der Waals surface area contributed by atoms with E-state index in [2.05, 4.69) is 9.62 Å². The number of benzene rings is 4. The maximum Gasteiger partial charge on any atom is 0.241 e. The Bertz CT molecular complexity index is 1460. The Morgan fingerprint density at radius 3 is 2.16 bits per heavy atom. The first-order chi connectivity index (χ1) is 18.3. The molecule has 4 aromatic carbocycles. The summed E-state index contributed by atoms with van der Waals surface area (Å²) < 4.78 is 40.7. The smallest absolute Gasteiger partial charge is 0.241 e. The molecule has 0 aromatic heterocycles. The van der Waals surface area contributed by atoms with Crippen molar-refractivity contribution in [1.82, 2.24) is 4.72 Å². The number of methoxy groups -OCH3 is 2. The van der Waals surface area contributed by atoms with E-state index >= 15 is 0 Å². The Balaban J connectivity index is 1.64. The number of sulfonamides is 1. The number of anilines is 1. The number of para-hydroxylation sites is 1. The number of hydrogen-bond acceptors (Lipinski definition) is 5. The molecule has 1 N–H and O–H groups in total. The van der Waals surface area contributed by atoms with Gasteiger partial charge in [0.2, 0.25) is 10.0 Å². The number of nitrogens with zero attached hydrogens (tertiary/aromatic N) is 1. The Morgan fingerprint density at radius 1 is 0.816 bits per heavy atom. The number of nitrogens with one attached hydrogen (secondary N) is 1. The van der Waals surface area contributed by atoms with Gasteiger partial charge < -0.3 is 14.4 Å². The summed E-state index contributed by atoms with van der Waals surface area (Å²) in [5.41, 5.74) is 4.82. The molecule has 0 spiro atoms. The molecule has 1 unspecified atom stereocenters. The Morgan fingerprint density at radius 2 is 1.47 bits per heavy atom. The zero-order chi connectivity index (χ0) is 27.1. The van der Waals surface area contributed by atoms with Gasteiger partial charge in [0.15, 0.2) is 11.5 Å². The summed E-state index contributed by atoms with van der Waals surface area (Å²) in [6.07, 6.45) is 0.774. The third-order valence-corrected chi connectivity index (χ3v) is 8.02. The van der Waals surface area contributed by atoms with E-state index in [0.29, 0.717) is 11.5 Å². The predicted molar refractivity (Wildman–Crippen MR) is 153 cm³/mol. The first-order valence-electron chi connectivity index (χ1n) is 12.5. The summed E-state index contributed by atoms with van der Waals surface area (Å²) in [6, 6.07) is 29.8. The zero-order valence-electron chi connectivity index (χ0n) is 22.2. The first-order valence-corrected chi connectivity index (χ1v) is 14.0. The van der Waals surface area contributed by atoms with Gasteiger partial charge in [-0.3, -0.25) is 0 Å². The van der Waals surface area contributed by atoms with Crippen LogP contribution in [0.2, 0.25) is 0 Å². The van der Waals surface area contributed by atoms with Gasteiger partial charge in [-0.2, -0.15) is 4.72 Å². The average molecular weight is 531 g/mol. The molecule has 0 bridgehead atoms. The van der Waals surface area contributed by atoms with Crippen LogP contribution < -0.4 is 19.1 Å². The van der Waals surface area contributed by atoms with Crippen LogP contribution >= 0.6 is 0 Å². The fraction of sp³-hybridized carbons (Fsp3) is 0.226. The van der Waals surface area contributed by atoms with E-state index in [9.17, 15) is 8.42 Å². The van der Waals surface area contributed by atoms with Crippen LogP contribution in [-0.4, -0.2) is 36.2 Å². The lowest BCUT2D eigenvalue weighted by Crippen LogP contribution is -2.31. The second-order valence-electron chi connectivity index (χ2n) is 9.20. The molecule has 0 aliphatic carbocycles. The fourth-order valence-electron chi connectivity index (χ4n) is 4.43. The highest BCUT2D eigenvalue weighted by molar-refractivity contribution is 7.89. The van der Waals surface area contributed by atoms with Crippen molar-refractivity contribution < 1.29 is 17.9 Å². The molecule has 6 nitrogen and oxygen atoms in total. The first kappa shape index (κ1) is 27.2. The van der Waals surface area contributed by atoms with Crippen LogP contribution in [0.25, 0.3) is 0 Å². The minimum Gasteiger partial charge on any atom is -0.493 e. The number of aryl methyl sites for hydroxylation is 1. The predicted octanol–water partition coefficient (Wildman–Crippen LogP) is 5.76. The van der Waals surface area contributed by atoms with Crippen molar-refractivity contribution >= 4 is 15.7 Å². The van der Waals surface area contributed by atoms with E-state index in [1.807, 2.05) is 98.9 Å². The summed E-state index contributed by atoms with van der Waals surface area (Å²) >= 11 is 0. The van der Waals surface area contributed by atoms with Crippen molar-refractivity contribution in [2.45, 2.75) is 24.3 Å². The largest absolute Gasteiger partial charge is 0.493 e. The molecule has 4 rings (SSSR count). The quantitative estimate of drug-likeness (QED) is 0.267. The molecule has 7 heteroatoms. The number of rotatable bonds is 11. The maximum atomic E-state index is 13.5. The summed E-state index contributed by atoms with van der Waals surface area (Å²) in [4.78, 5) is 2.39. The Labute approximate surface area is 225 Å². The van der Waals surface area contributed by atoms with Gasteiger partial charge in [0.25, 0.3) is 0 Å². The minimum absolute atomic E-state index is 0.239. The van der Waals surface area contributed by atoms with Crippen molar-refractivity contribution in [2.24, 2.45) is 0 Å². The lowest BCUT2D eigenvalue weighted by Gasteiger charge is -2.28. The van der Waals surface area contributed by atoms with Crippen LogP contribution in [-0.2, 0) is 16.4 Å². The number of likely N-dealkylation sites (N-methyl/N-ethyl adjacent to an activating group) is 1.